The van der Waals surface area contributed by atoms with Crippen molar-refractivity contribution in [2.75, 3.05) is 19.8 Å². The number of nitrogens with one attached hydrogen (secondary N) is 1. The first kappa shape index (κ1) is 30.8. The van der Waals surface area contributed by atoms with Gasteiger partial charge in [-0.3, -0.25) is 14.3 Å². The third kappa shape index (κ3) is 8.41. The number of aromatic nitrogens is 2. The fourth-order valence-corrected chi connectivity index (χ4v) is 5.75. The molecule has 1 fully saturated rings. The second kappa shape index (κ2) is 12.8. The Morgan fingerprint density at radius 1 is 1.15 bits per heavy atom. The van der Waals surface area contributed by atoms with Gasteiger partial charge in [-0.15, -0.1) is 0 Å². The molecule has 220 valence electrons. The number of hydrogen-bond donors (Lipinski definition) is 2. The summed E-state index contributed by atoms with van der Waals surface area (Å²) in [4.78, 5) is 2.50. The van der Waals surface area contributed by atoms with Gasteiger partial charge in [-0.2, -0.15) is 5.10 Å². The normalized spacial score (nSPS) is 20.1. The number of aromatic amines is 1. The maximum atomic E-state index is 12.3. The number of allylic oxidation sites excluding steroid dienone is 3. The number of nitrogens with zero attached hydrogens (tertiary/aromatic N) is 3. The van der Waals surface area contributed by atoms with E-state index in [1.165, 1.54) is 22.5 Å². The maximum Gasteiger partial charge on any atom is 0.231 e. The highest BCUT2D eigenvalue weighted by atomic mass is 32.2. The minimum Gasteiger partial charge on any atom is -0.320 e. The summed E-state index contributed by atoms with van der Waals surface area (Å²) in [5.41, 5.74) is 11.6. The zero-order valence-corrected chi connectivity index (χ0v) is 26.0. The van der Waals surface area contributed by atoms with Crippen LogP contribution in [0.15, 0.2) is 84.6 Å². The van der Waals surface area contributed by atoms with E-state index in [0.29, 0.717) is 18.0 Å². The van der Waals surface area contributed by atoms with Crippen molar-refractivity contribution < 1.29 is 8.42 Å². The summed E-state index contributed by atoms with van der Waals surface area (Å²) in [5.74, 6) is 1.44. The van der Waals surface area contributed by atoms with Crippen molar-refractivity contribution in [2.45, 2.75) is 58.7 Å². The smallest absolute Gasteiger partial charge is 0.231 e. The van der Waals surface area contributed by atoms with E-state index in [0.717, 1.165) is 41.5 Å². The van der Waals surface area contributed by atoms with Gasteiger partial charge in [-0.1, -0.05) is 73.7 Å². The first-order valence-corrected chi connectivity index (χ1v) is 16.2. The van der Waals surface area contributed by atoms with Gasteiger partial charge >= 0.3 is 0 Å². The van der Waals surface area contributed by atoms with Gasteiger partial charge < -0.3 is 5.73 Å². The first-order valence-electron chi connectivity index (χ1n) is 14.3. The second-order valence-electron chi connectivity index (χ2n) is 12.0. The molecule has 1 heterocycles. The Morgan fingerprint density at radius 3 is 2.29 bits per heavy atom. The van der Waals surface area contributed by atoms with E-state index in [2.05, 4.69) is 71.4 Å². The van der Waals surface area contributed by atoms with Crippen molar-refractivity contribution in [1.29, 1.82) is 0 Å². The van der Waals surface area contributed by atoms with Gasteiger partial charge in [0.2, 0.25) is 10.0 Å². The summed E-state index contributed by atoms with van der Waals surface area (Å²) in [6.45, 7) is 10.2. The number of benzene rings is 2. The molecule has 0 bridgehead atoms. The van der Waals surface area contributed by atoms with Crippen LogP contribution in [-0.4, -0.2) is 53.7 Å². The van der Waals surface area contributed by atoms with E-state index in [4.69, 9.17) is 5.73 Å². The van der Waals surface area contributed by atoms with Crippen LogP contribution >= 0.6 is 0 Å². The van der Waals surface area contributed by atoms with Gasteiger partial charge in [0.15, 0.2) is 0 Å². The quantitative estimate of drug-likeness (QED) is 0.261. The fourth-order valence-electron chi connectivity index (χ4n) is 5.17. The molecular weight excluding hydrogens is 530 g/mol. The van der Waals surface area contributed by atoms with Crippen molar-refractivity contribution in [3.63, 3.8) is 0 Å². The predicted molar refractivity (Wildman–Crippen MR) is 168 cm³/mol. The van der Waals surface area contributed by atoms with Gasteiger partial charge in [0.1, 0.15) is 0 Å². The largest absolute Gasteiger partial charge is 0.320 e. The average molecular weight is 576 g/mol. The molecule has 3 unspecified atom stereocenters. The molecule has 3 N–H and O–H groups in total. The number of nitrogens with two attached hydrogens (primary N) is 1. The molecule has 0 amide bonds. The van der Waals surface area contributed by atoms with Crippen LogP contribution in [0, 0.1) is 11.8 Å². The van der Waals surface area contributed by atoms with Gasteiger partial charge in [0, 0.05) is 37.4 Å². The molecule has 1 aliphatic rings. The van der Waals surface area contributed by atoms with E-state index in [9.17, 15) is 8.42 Å². The van der Waals surface area contributed by atoms with Crippen LogP contribution in [0.1, 0.15) is 56.6 Å². The molecule has 41 heavy (non-hydrogen) atoms. The molecule has 3 aromatic rings. The number of rotatable bonds is 13. The van der Waals surface area contributed by atoms with Crippen LogP contribution in [0.3, 0.4) is 0 Å². The Labute approximate surface area is 246 Å². The van der Waals surface area contributed by atoms with Crippen LogP contribution in [0.2, 0.25) is 0 Å². The SMILES string of the molecule is C/C(=C\C(=C/C(C)N(Cc1ccccc1)CC1CC1C)c1cc([C@](C)(N)Cc2ccccc2)[nH]n1)N(C)S(C)(=O)=O. The highest BCUT2D eigenvalue weighted by molar-refractivity contribution is 7.88. The molecule has 7 nitrogen and oxygen atoms in total. The third-order valence-corrected chi connectivity index (χ3v) is 9.51. The molecule has 0 aliphatic heterocycles. The summed E-state index contributed by atoms with van der Waals surface area (Å²) in [7, 11) is -1.83. The highest BCUT2D eigenvalue weighted by Crippen LogP contribution is 2.39. The molecule has 4 rings (SSSR count). The summed E-state index contributed by atoms with van der Waals surface area (Å²) < 4.78 is 25.9. The Balaban J connectivity index is 1.69. The van der Waals surface area contributed by atoms with Crippen molar-refractivity contribution in [2.24, 2.45) is 17.6 Å². The highest BCUT2D eigenvalue weighted by Gasteiger charge is 2.35. The Kier molecular flexibility index (Phi) is 9.57. The summed E-state index contributed by atoms with van der Waals surface area (Å²) in [6.07, 6.45) is 7.22. The molecule has 8 heteroatoms. The van der Waals surface area contributed by atoms with Crippen LogP contribution in [-0.2, 0) is 28.5 Å². The molecule has 0 spiro atoms. The fraction of sp³-hybridized carbons (Fsp3) is 0.424. The Hall–Kier alpha value is -3.20. The third-order valence-electron chi connectivity index (χ3n) is 8.23. The maximum absolute atomic E-state index is 12.3. The number of hydrogen-bond acceptors (Lipinski definition) is 5. The molecule has 1 saturated carbocycles. The zero-order chi connectivity index (χ0) is 29.8. The predicted octanol–water partition coefficient (Wildman–Crippen LogP) is 5.55. The van der Waals surface area contributed by atoms with Gasteiger partial charge in [-0.25, -0.2) is 8.42 Å². The minimum absolute atomic E-state index is 0.0827. The monoisotopic (exact) mass is 575 g/mol. The summed E-state index contributed by atoms with van der Waals surface area (Å²) in [6, 6.07) is 22.8. The van der Waals surface area contributed by atoms with Crippen LogP contribution < -0.4 is 5.73 Å². The molecule has 2 aromatic carbocycles. The van der Waals surface area contributed by atoms with E-state index >= 15 is 0 Å². The molecule has 0 radical (unpaired) electrons. The Bertz CT molecular complexity index is 1460. The standard InChI is InChI=1S/C33H45N5O2S/c1-24-17-30(24)23-38(22-28-15-11-8-12-16-28)26(3)19-29(18-25(2)37(5)41(6,39)40)31-20-32(36-35-31)33(4,34)21-27-13-9-7-10-14-27/h7-16,18-20,24,26,30H,17,21-23,34H2,1-6H3,(H,35,36)/b25-18+,29-19+/t24?,26?,30?,33-/m1/s1. The zero-order valence-electron chi connectivity index (χ0n) is 25.2. The first-order chi connectivity index (χ1) is 19.3. The van der Waals surface area contributed by atoms with Gasteiger partial charge in [-0.05, 0) is 68.7 Å². The topological polar surface area (TPSA) is 95.3 Å². The molecule has 4 atom stereocenters. The van der Waals surface area contributed by atoms with E-state index in [1.807, 2.05) is 50.3 Å². The van der Waals surface area contributed by atoms with Gasteiger partial charge in [0.05, 0.1) is 23.2 Å². The minimum atomic E-state index is -3.40. The lowest BCUT2D eigenvalue weighted by Crippen LogP contribution is -2.35. The van der Waals surface area contributed by atoms with Gasteiger partial charge in [0.25, 0.3) is 0 Å². The summed E-state index contributed by atoms with van der Waals surface area (Å²) >= 11 is 0. The Morgan fingerprint density at radius 2 is 1.73 bits per heavy atom. The van der Waals surface area contributed by atoms with E-state index in [-0.39, 0.29) is 6.04 Å². The summed E-state index contributed by atoms with van der Waals surface area (Å²) in [5, 5.41) is 7.86. The number of sulfonamides is 1. The molecular formula is C33H45N5O2S. The van der Waals surface area contributed by atoms with E-state index < -0.39 is 15.6 Å². The van der Waals surface area contributed by atoms with Crippen LogP contribution in [0.25, 0.3) is 5.57 Å². The lowest BCUT2D eigenvalue weighted by atomic mass is 9.90. The second-order valence-corrected chi connectivity index (χ2v) is 14.0. The van der Waals surface area contributed by atoms with Crippen molar-refractivity contribution >= 4 is 15.6 Å². The van der Waals surface area contributed by atoms with Crippen molar-refractivity contribution in [3.05, 3.63) is 107 Å². The lowest BCUT2D eigenvalue weighted by Gasteiger charge is -2.28. The molecule has 0 saturated heterocycles. The lowest BCUT2D eigenvalue weighted by molar-refractivity contribution is 0.219. The van der Waals surface area contributed by atoms with Crippen LogP contribution in [0.4, 0.5) is 0 Å². The molecule has 1 aromatic heterocycles. The number of H-pyrrole nitrogens is 1. The van der Waals surface area contributed by atoms with E-state index in [1.54, 1.807) is 7.05 Å². The van der Waals surface area contributed by atoms with Crippen molar-refractivity contribution in [1.82, 2.24) is 19.4 Å². The average Bonchev–Trinajstić information content (AvgIpc) is 3.38. The molecule has 1 aliphatic carbocycles. The van der Waals surface area contributed by atoms with Crippen molar-refractivity contribution in [3.8, 4) is 0 Å². The van der Waals surface area contributed by atoms with Crippen LogP contribution in [0.5, 0.6) is 0 Å².